The molecule has 0 saturated heterocycles. The fourth-order valence-corrected chi connectivity index (χ4v) is 2.01. The number of rotatable bonds is 7. The van der Waals surface area contributed by atoms with Gasteiger partial charge in [-0.2, -0.15) is 5.10 Å². The minimum atomic E-state index is -2.37. The van der Waals surface area contributed by atoms with Gasteiger partial charge in [-0.1, -0.05) is 0 Å². The van der Waals surface area contributed by atoms with E-state index in [9.17, 15) is 8.78 Å². The molecule has 5 heteroatoms. The summed E-state index contributed by atoms with van der Waals surface area (Å²) in [6.45, 7) is 2.58. The van der Waals surface area contributed by atoms with Crippen molar-refractivity contribution in [3.8, 4) is 0 Å². The van der Waals surface area contributed by atoms with E-state index in [1.807, 2.05) is 24.0 Å². The fourth-order valence-electron chi connectivity index (χ4n) is 2.01. The maximum atomic E-state index is 12.7. The third-order valence-corrected chi connectivity index (χ3v) is 3.30. The quantitative estimate of drug-likeness (QED) is 0.732. The lowest BCUT2D eigenvalue weighted by molar-refractivity contribution is 0.0945. The molecule has 1 unspecified atom stereocenters. The first-order valence-electron chi connectivity index (χ1n) is 6.12. The lowest BCUT2D eigenvalue weighted by Gasteiger charge is -2.16. The molecule has 0 radical (unpaired) electrons. The van der Waals surface area contributed by atoms with Gasteiger partial charge < -0.3 is 4.90 Å². The highest BCUT2D eigenvalue weighted by Gasteiger charge is 2.55. The number of aromatic nitrogens is 2. The average Bonchev–Trinajstić information content (AvgIpc) is 2.67. The molecule has 2 rings (SSSR count). The van der Waals surface area contributed by atoms with E-state index in [2.05, 4.69) is 10.00 Å². The molecule has 17 heavy (non-hydrogen) atoms. The van der Waals surface area contributed by atoms with E-state index >= 15 is 0 Å². The molecular weight excluding hydrogens is 224 g/mol. The molecule has 1 aromatic rings. The molecule has 0 amide bonds. The van der Waals surface area contributed by atoms with Crippen LogP contribution in [0.1, 0.15) is 19.3 Å². The van der Waals surface area contributed by atoms with Crippen LogP contribution in [0.3, 0.4) is 0 Å². The van der Waals surface area contributed by atoms with Gasteiger partial charge in [-0.3, -0.25) is 4.68 Å². The second kappa shape index (κ2) is 5.12. The minimum absolute atomic E-state index is 0.0914. The number of aryl methyl sites for hydroxylation is 1. The predicted octanol–water partition coefficient (Wildman–Crippen LogP) is 2.25. The van der Waals surface area contributed by atoms with E-state index in [4.69, 9.17) is 0 Å². The van der Waals surface area contributed by atoms with Crippen molar-refractivity contribution in [2.24, 2.45) is 5.92 Å². The van der Waals surface area contributed by atoms with Crippen LogP contribution in [0.15, 0.2) is 18.5 Å². The van der Waals surface area contributed by atoms with E-state index in [1.165, 1.54) is 0 Å². The zero-order valence-electron chi connectivity index (χ0n) is 10.1. The highest BCUT2D eigenvalue weighted by molar-refractivity contribution is 4.94. The molecule has 0 N–H and O–H groups in total. The summed E-state index contributed by atoms with van der Waals surface area (Å²) in [5.74, 6) is -2.73. The molecule has 0 spiro atoms. The summed E-state index contributed by atoms with van der Waals surface area (Å²) in [4.78, 5) is 2.12. The third kappa shape index (κ3) is 3.77. The van der Waals surface area contributed by atoms with Crippen molar-refractivity contribution in [2.45, 2.75) is 31.7 Å². The molecule has 1 fully saturated rings. The Morgan fingerprint density at radius 3 is 2.82 bits per heavy atom. The second-order valence-corrected chi connectivity index (χ2v) is 4.88. The van der Waals surface area contributed by atoms with E-state index in [-0.39, 0.29) is 12.3 Å². The van der Waals surface area contributed by atoms with Gasteiger partial charge >= 0.3 is 0 Å². The maximum absolute atomic E-state index is 12.7. The zero-order valence-corrected chi connectivity index (χ0v) is 10.1. The Bertz CT molecular complexity index is 338. The van der Waals surface area contributed by atoms with E-state index in [0.29, 0.717) is 6.42 Å². The van der Waals surface area contributed by atoms with E-state index in [0.717, 1.165) is 26.1 Å². The Hall–Kier alpha value is -0.970. The van der Waals surface area contributed by atoms with Crippen LogP contribution >= 0.6 is 0 Å². The lowest BCUT2D eigenvalue weighted by atomic mass is 10.2. The molecule has 3 nitrogen and oxygen atoms in total. The molecular formula is C12H19F2N3. The first kappa shape index (κ1) is 12.5. The van der Waals surface area contributed by atoms with Crippen LogP contribution in [0.25, 0.3) is 0 Å². The van der Waals surface area contributed by atoms with Crippen molar-refractivity contribution < 1.29 is 8.78 Å². The summed E-state index contributed by atoms with van der Waals surface area (Å²) in [7, 11) is 1.99. The third-order valence-electron chi connectivity index (χ3n) is 3.30. The van der Waals surface area contributed by atoms with Gasteiger partial charge in [-0.05, 0) is 39.0 Å². The smallest absolute Gasteiger partial charge is 0.251 e. The Kier molecular flexibility index (Phi) is 3.76. The minimum Gasteiger partial charge on any atom is -0.306 e. The van der Waals surface area contributed by atoms with Gasteiger partial charge in [0.2, 0.25) is 0 Å². The van der Waals surface area contributed by atoms with Crippen LogP contribution in [0, 0.1) is 5.92 Å². The number of hydrogen-bond acceptors (Lipinski definition) is 2. The molecule has 0 aliphatic heterocycles. The molecule has 0 bridgehead atoms. The molecule has 96 valence electrons. The monoisotopic (exact) mass is 243 g/mol. The first-order valence-corrected chi connectivity index (χ1v) is 6.12. The number of alkyl halides is 2. The summed E-state index contributed by atoms with van der Waals surface area (Å²) in [6.07, 6.45) is 5.41. The van der Waals surface area contributed by atoms with E-state index in [1.54, 1.807) is 6.20 Å². The zero-order chi connectivity index (χ0) is 12.3. The summed E-state index contributed by atoms with van der Waals surface area (Å²) < 4.78 is 27.2. The van der Waals surface area contributed by atoms with Gasteiger partial charge in [-0.15, -0.1) is 0 Å². The lowest BCUT2D eigenvalue weighted by Crippen LogP contribution is -2.23. The summed E-state index contributed by atoms with van der Waals surface area (Å²) in [5, 5.41) is 4.12. The van der Waals surface area contributed by atoms with Crippen molar-refractivity contribution in [1.82, 2.24) is 14.7 Å². The molecule has 1 aliphatic rings. The van der Waals surface area contributed by atoms with Gasteiger partial charge in [0.05, 0.1) is 0 Å². The first-order chi connectivity index (χ1) is 8.08. The molecule has 1 saturated carbocycles. The van der Waals surface area contributed by atoms with Gasteiger partial charge in [0.1, 0.15) is 0 Å². The van der Waals surface area contributed by atoms with Crippen LogP contribution in [0.4, 0.5) is 8.78 Å². The molecule has 1 aromatic heterocycles. The van der Waals surface area contributed by atoms with Gasteiger partial charge in [-0.25, -0.2) is 8.78 Å². The molecule has 1 heterocycles. The predicted molar refractivity (Wildman–Crippen MR) is 62.0 cm³/mol. The average molecular weight is 243 g/mol. The summed E-state index contributed by atoms with van der Waals surface area (Å²) >= 11 is 0. The Labute approximate surface area is 100 Å². The highest BCUT2D eigenvalue weighted by atomic mass is 19.3. The number of halogens is 2. The normalized spacial score (nSPS) is 22.0. The van der Waals surface area contributed by atoms with Crippen molar-refractivity contribution >= 4 is 0 Å². The van der Waals surface area contributed by atoms with Crippen molar-refractivity contribution in [3.63, 3.8) is 0 Å². The SMILES string of the molecule is CN(CCCn1cccn1)CCC1CC1(F)F. The summed E-state index contributed by atoms with van der Waals surface area (Å²) in [5.41, 5.74) is 0. The Morgan fingerprint density at radius 2 is 2.24 bits per heavy atom. The largest absolute Gasteiger partial charge is 0.306 e. The maximum Gasteiger partial charge on any atom is 0.251 e. The van der Waals surface area contributed by atoms with Crippen LogP contribution in [0.5, 0.6) is 0 Å². The van der Waals surface area contributed by atoms with Crippen molar-refractivity contribution in [2.75, 3.05) is 20.1 Å². The number of nitrogens with zero attached hydrogens (tertiary/aromatic N) is 3. The van der Waals surface area contributed by atoms with Gasteiger partial charge in [0.15, 0.2) is 0 Å². The van der Waals surface area contributed by atoms with Gasteiger partial charge in [0, 0.05) is 31.3 Å². The second-order valence-electron chi connectivity index (χ2n) is 4.88. The fraction of sp³-hybridized carbons (Fsp3) is 0.750. The van der Waals surface area contributed by atoms with Crippen LogP contribution < -0.4 is 0 Å². The van der Waals surface area contributed by atoms with Crippen LogP contribution in [0.2, 0.25) is 0 Å². The van der Waals surface area contributed by atoms with Crippen LogP contribution in [-0.4, -0.2) is 40.7 Å². The Balaban J connectivity index is 1.54. The standard InChI is InChI=1S/C12H19F2N3/c1-16(9-4-11-10-12(11,13)14)6-3-8-17-7-2-5-15-17/h2,5,7,11H,3-4,6,8-10H2,1H3. The Morgan fingerprint density at radius 1 is 1.47 bits per heavy atom. The van der Waals surface area contributed by atoms with Crippen molar-refractivity contribution in [1.29, 1.82) is 0 Å². The molecule has 1 aliphatic carbocycles. The topological polar surface area (TPSA) is 21.1 Å². The van der Waals surface area contributed by atoms with Crippen LogP contribution in [-0.2, 0) is 6.54 Å². The molecule has 0 aromatic carbocycles. The molecule has 1 atom stereocenters. The van der Waals surface area contributed by atoms with E-state index < -0.39 is 5.92 Å². The number of hydrogen-bond donors (Lipinski definition) is 0. The van der Waals surface area contributed by atoms with Crippen molar-refractivity contribution in [3.05, 3.63) is 18.5 Å². The van der Waals surface area contributed by atoms with Gasteiger partial charge in [0.25, 0.3) is 5.92 Å². The highest BCUT2D eigenvalue weighted by Crippen LogP contribution is 2.50. The summed E-state index contributed by atoms with van der Waals surface area (Å²) in [6, 6.07) is 1.90.